The van der Waals surface area contributed by atoms with E-state index < -0.39 is 34.4 Å². The van der Waals surface area contributed by atoms with Crippen LogP contribution < -0.4 is 0 Å². The van der Waals surface area contributed by atoms with E-state index in [1.807, 2.05) is 9.39 Å². The van der Waals surface area contributed by atoms with Crippen molar-refractivity contribution in [1.82, 2.24) is 8.15 Å². The molecule has 0 saturated carbocycles. The van der Waals surface area contributed by atoms with Gasteiger partial charge in [0.15, 0.2) is 0 Å². The number of nitrogens with zero attached hydrogens (tertiary/aromatic N) is 2. The third-order valence-corrected chi connectivity index (χ3v) is 5.07. The van der Waals surface area contributed by atoms with Gasteiger partial charge in [0.1, 0.15) is 12.1 Å². The summed E-state index contributed by atoms with van der Waals surface area (Å²) in [5, 5.41) is 0. The Bertz CT molecular complexity index is 462. The highest BCUT2D eigenvalue weighted by Crippen LogP contribution is 2.21. The molecule has 2 atom stereocenters. The molecule has 0 aromatic rings. The fraction of sp³-hybridized carbons (Fsp3) is 0.778. The number of carbonyl (C=O) groups is 2. The number of carbonyl (C=O) groups excluding carboxylic acids is 2. The number of esters is 1. The van der Waals surface area contributed by atoms with E-state index >= 15 is 0 Å². The molecule has 20 heavy (non-hydrogen) atoms. The lowest BCUT2D eigenvalue weighted by Gasteiger charge is -2.26. The molecule has 0 heterocycles. The molecule has 0 aliphatic heterocycles. The van der Waals surface area contributed by atoms with Crippen molar-refractivity contribution in [3.8, 4) is 0 Å². The average molecular weight is 346 g/mol. The first kappa shape index (κ1) is 19.5. The van der Waals surface area contributed by atoms with Gasteiger partial charge in [0.05, 0.1) is 6.61 Å². The van der Waals surface area contributed by atoms with Crippen molar-refractivity contribution >= 4 is 41.1 Å². The normalized spacial score (nSPS) is 12.2. The molecule has 0 N–H and O–H groups in total. The first-order valence-electron chi connectivity index (χ1n) is 5.62. The van der Waals surface area contributed by atoms with Crippen molar-refractivity contribution in [2.75, 3.05) is 13.2 Å². The number of rotatable bonds is 5. The van der Waals surface area contributed by atoms with Crippen molar-refractivity contribution in [1.29, 1.82) is 0 Å². The van der Waals surface area contributed by atoms with Gasteiger partial charge in [0.2, 0.25) is 0 Å². The van der Waals surface area contributed by atoms with Gasteiger partial charge < -0.3 is 9.47 Å². The van der Waals surface area contributed by atoms with Crippen LogP contribution in [0.5, 0.6) is 0 Å². The molecular formula is C9H20N2O6P2S. The van der Waals surface area contributed by atoms with Crippen LogP contribution in [0.4, 0.5) is 4.79 Å². The van der Waals surface area contributed by atoms with Crippen LogP contribution in [-0.4, -0.2) is 47.4 Å². The maximum absolute atomic E-state index is 12.0. The van der Waals surface area contributed by atoms with Gasteiger partial charge in [-0.1, -0.05) is 0 Å². The second-order valence-corrected chi connectivity index (χ2v) is 8.28. The third-order valence-electron chi connectivity index (χ3n) is 1.71. The Morgan fingerprint density at radius 1 is 1.20 bits per heavy atom. The average Bonchev–Trinajstić information content (AvgIpc) is 2.25. The Morgan fingerprint density at radius 3 is 2.10 bits per heavy atom. The lowest BCUT2D eigenvalue weighted by atomic mass is 10.2. The van der Waals surface area contributed by atoms with Gasteiger partial charge in [0.25, 0.3) is 0 Å². The van der Waals surface area contributed by atoms with Crippen LogP contribution in [-0.2, 0) is 24.5 Å². The second-order valence-electron chi connectivity index (χ2n) is 4.63. The molecule has 0 aliphatic carbocycles. The topological polar surface area (TPSA) is 93.2 Å². The predicted octanol–water partition coefficient (Wildman–Crippen LogP) is 0.914. The van der Waals surface area contributed by atoms with Crippen molar-refractivity contribution in [2.24, 2.45) is 0 Å². The van der Waals surface area contributed by atoms with Gasteiger partial charge in [-0.2, -0.15) is 16.6 Å². The molecular weight excluding hydrogens is 326 g/mol. The zero-order valence-corrected chi connectivity index (χ0v) is 14.9. The highest BCUT2D eigenvalue weighted by Gasteiger charge is 2.33. The lowest BCUT2D eigenvalue weighted by molar-refractivity contribution is -0.142. The van der Waals surface area contributed by atoms with Crippen LogP contribution >= 0.6 is 18.8 Å². The largest absolute Gasteiger partial charge is 0.465 e. The van der Waals surface area contributed by atoms with E-state index in [0.29, 0.717) is 8.15 Å². The van der Waals surface area contributed by atoms with Gasteiger partial charge >= 0.3 is 22.3 Å². The molecule has 11 heteroatoms. The number of hydrogen-bond donors (Lipinski definition) is 0. The van der Waals surface area contributed by atoms with Crippen LogP contribution in [0, 0.1) is 0 Å². The van der Waals surface area contributed by atoms with E-state index in [1.165, 1.54) is 0 Å². The summed E-state index contributed by atoms with van der Waals surface area (Å²) in [6.07, 6.45) is -1.07. The Hall–Kier alpha value is -0.490. The molecule has 2 unspecified atom stereocenters. The zero-order valence-electron chi connectivity index (χ0n) is 11.8. The van der Waals surface area contributed by atoms with Gasteiger partial charge in [-0.3, -0.25) is 4.79 Å². The molecule has 1 amide bonds. The quantitative estimate of drug-likeness (QED) is 0.543. The highest BCUT2D eigenvalue weighted by atomic mass is 32.2. The van der Waals surface area contributed by atoms with Crippen molar-refractivity contribution in [2.45, 2.75) is 33.3 Å². The molecule has 0 aromatic carbocycles. The monoisotopic (exact) mass is 346 g/mol. The summed E-state index contributed by atoms with van der Waals surface area (Å²) in [4.78, 5) is 22.9. The molecule has 0 rings (SSSR count). The van der Waals surface area contributed by atoms with Gasteiger partial charge in [-0.25, -0.2) is 4.79 Å². The van der Waals surface area contributed by atoms with Crippen LogP contribution in [0.3, 0.4) is 0 Å². The van der Waals surface area contributed by atoms with Crippen LogP contribution in [0.25, 0.3) is 0 Å². The second kappa shape index (κ2) is 7.50. The minimum absolute atomic E-state index is 0.133. The molecule has 0 saturated heterocycles. The fourth-order valence-electron chi connectivity index (χ4n) is 0.930. The third kappa shape index (κ3) is 6.31. The summed E-state index contributed by atoms with van der Waals surface area (Å²) >= 11 is 0. The minimum atomic E-state index is -4.21. The maximum Gasteiger partial charge on any atom is 0.428 e. The summed E-state index contributed by atoms with van der Waals surface area (Å²) in [5.41, 5.74) is -0.839. The summed E-state index contributed by atoms with van der Waals surface area (Å²) in [6.45, 7) is 6.01. The van der Waals surface area contributed by atoms with Crippen LogP contribution in [0.2, 0.25) is 0 Å². The Balaban J connectivity index is 4.86. The van der Waals surface area contributed by atoms with Crippen LogP contribution in [0.15, 0.2) is 0 Å². The maximum atomic E-state index is 12.0. The molecule has 0 radical (unpaired) electrons. The van der Waals surface area contributed by atoms with E-state index in [0.717, 1.165) is 0 Å². The van der Waals surface area contributed by atoms with Gasteiger partial charge in [-0.15, -0.1) is 0 Å². The standard InChI is InChI=1S/C9H20N2O6P2S/c1-5-16-7(12)6-10(18)20(14,15)11(19)8(13)17-9(2,3)4/h5-6,18-19H2,1-4H3. The van der Waals surface area contributed by atoms with E-state index in [4.69, 9.17) is 4.74 Å². The van der Waals surface area contributed by atoms with Crippen molar-refractivity contribution in [3.05, 3.63) is 0 Å². The Labute approximate surface area is 123 Å². The van der Waals surface area contributed by atoms with Crippen molar-refractivity contribution in [3.63, 3.8) is 0 Å². The highest BCUT2D eigenvalue weighted by molar-refractivity contribution is 7.92. The SMILES string of the molecule is CCOC(=O)CN(P)S(=O)(=O)N(P)C(=O)OC(C)(C)C. The minimum Gasteiger partial charge on any atom is -0.465 e. The van der Waals surface area contributed by atoms with Gasteiger partial charge in [-0.05, 0) is 46.5 Å². The molecule has 0 bridgehead atoms. The van der Waals surface area contributed by atoms with Crippen molar-refractivity contribution < 1.29 is 27.5 Å². The number of amides is 1. The summed E-state index contributed by atoms with van der Waals surface area (Å²) < 4.78 is 34.5. The van der Waals surface area contributed by atoms with E-state index in [9.17, 15) is 18.0 Å². The molecule has 0 aliphatic rings. The fourth-order valence-corrected chi connectivity index (χ4v) is 2.85. The smallest absolute Gasteiger partial charge is 0.428 e. The number of hydrogen-bond acceptors (Lipinski definition) is 6. The number of ether oxygens (including phenoxy) is 2. The molecule has 0 spiro atoms. The lowest BCUT2D eigenvalue weighted by Crippen LogP contribution is -2.41. The van der Waals surface area contributed by atoms with Gasteiger partial charge in [0, 0.05) is 0 Å². The molecule has 8 nitrogen and oxygen atoms in total. The predicted molar refractivity (Wildman–Crippen MR) is 79.8 cm³/mol. The first-order chi connectivity index (χ1) is 8.91. The molecule has 0 aromatic heterocycles. The van der Waals surface area contributed by atoms with E-state index in [-0.39, 0.29) is 6.61 Å². The zero-order chi connectivity index (χ0) is 16.1. The summed E-state index contributed by atoms with van der Waals surface area (Å²) in [5.74, 6) is -0.728. The van der Waals surface area contributed by atoms with E-state index in [1.54, 1.807) is 37.1 Å². The van der Waals surface area contributed by atoms with Crippen LogP contribution in [0.1, 0.15) is 27.7 Å². The Morgan fingerprint density at radius 2 is 1.70 bits per heavy atom. The van der Waals surface area contributed by atoms with E-state index in [2.05, 4.69) is 4.74 Å². The molecule has 118 valence electrons. The summed E-state index contributed by atoms with van der Waals surface area (Å²) in [7, 11) is -0.620. The molecule has 0 fully saturated rings. The Kier molecular flexibility index (Phi) is 7.32. The summed E-state index contributed by atoms with van der Waals surface area (Å²) in [6, 6.07) is 0. The first-order valence-corrected chi connectivity index (χ1v) is 8.05.